The van der Waals surface area contributed by atoms with E-state index in [2.05, 4.69) is 0 Å². The quantitative estimate of drug-likeness (QED) is 0.708. The van der Waals surface area contributed by atoms with Crippen molar-refractivity contribution in [3.05, 3.63) is 17.7 Å². The van der Waals surface area contributed by atoms with Crippen LogP contribution in [0.3, 0.4) is 0 Å². The third-order valence-corrected chi connectivity index (χ3v) is 2.38. The summed E-state index contributed by atoms with van der Waals surface area (Å²) >= 11 is 0. The van der Waals surface area contributed by atoms with Crippen LogP contribution in [-0.2, 0) is 0 Å². The first-order chi connectivity index (χ1) is 7.51. The second-order valence-corrected chi connectivity index (χ2v) is 3.53. The molecule has 0 radical (unpaired) electrons. The Hall–Kier alpha value is -1.46. The van der Waals surface area contributed by atoms with Crippen LogP contribution < -0.4 is 15.2 Å². The Morgan fingerprint density at radius 2 is 1.62 bits per heavy atom. The fourth-order valence-electron chi connectivity index (χ4n) is 1.49. The first kappa shape index (κ1) is 12.6. The van der Waals surface area contributed by atoms with Crippen LogP contribution in [0.5, 0.6) is 17.2 Å². The molecule has 1 aromatic carbocycles. The van der Waals surface area contributed by atoms with Gasteiger partial charge < -0.3 is 25.4 Å². The number of rotatable bonds is 4. The summed E-state index contributed by atoms with van der Waals surface area (Å²) in [7, 11) is 2.93. The van der Waals surface area contributed by atoms with Crippen LogP contribution in [0.4, 0.5) is 0 Å². The van der Waals surface area contributed by atoms with Crippen molar-refractivity contribution in [2.45, 2.75) is 19.1 Å². The molecule has 5 heteroatoms. The van der Waals surface area contributed by atoms with Gasteiger partial charge in [0.2, 0.25) is 0 Å². The standard InChI is InChI=1S/C11H17NO4/c1-6(13)11(12)10-8(15-2)4-7(14)5-9(10)16-3/h4-6,11,13-14H,12H2,1-3H3/t6-,11-/m0/s1. The Morgan fingerprint density at radius 3 is 1.94 bits per heavy atom. The van der Waals surface area contributed by atoms with Crippen LogP contribution in [0.1, 0.15) is 18.5 Å². The lowest BCUT2D eigenvalue weighted by atomic mass is 10.0. The number of hydrogen-bond acceptors (Lipinski definition) is 5. The number of aliphatic hydroxyl groups excluding tert-OH is 1. The maximum Gasteiger partial charge on any atom is 0.131 e. The third kappa shape index (κ3) is 2.37. The molecule has 0 aliphatic heterocycles. The zero-order valence-corrected chi connectivity index (χ0v) is 9.60. The number of aliphatic hydroxyl groups is 1. The molecule has 5 nitrogen and oxygen atoms in total. The molecule has 0 saturated carbocycles. The van der Waals surface area contributed by atoms with Crippen molar-refractivity contribution in [2.75, 3.05) is 14.2 Å². The highest BCUT2D eigenvalue weighted by atomic mass is 16.5. The smallest absolute Gasteiger partial charge is 0.131 e. The largest absolute Gasteiger partial charge is 0.508 e. The fourth-order valence-corrected chi connectivity index (χ4v) is 1.49. The molecule has 4 N–H and O–H groups in total. The van der Waals surface area contributed by atoms with E-state index in [-0.39, 0.29) is 5.75 Å². The number of benzene rings is 1. The topological polar surface area (TPSA) is 84.9 Å². The predicted octanol–water partition coefficient (Wildman–Crippen LogP) is 0.790. The molecule has 1 aromatic rings. The average Bonchev–Trinajstić information content (AvgIpc) is 2.26. The monoisotopic (exact) mass is 227 g/mol. The molecule has 90 valence electrons. The maximum atomic E-state index is 9.48. The number of phenols is 1. The van der Waals surface area contributed by atoms with Crippen LogP contribution >= 0.6 is 0 Å². The number of methoxy groups -OCH3 is 2. The maximum absolute atomic E-state index is 9.48. The molecule has 0 unspecified atom stereocenters. The summed E-state index contributed by atoms with van der Waals surface area (Å²) < 4.78 is 10.2. The van der Waals surface area contributed by atoms with E-state index >= 15 is 0 Å². The minimum absolute atomic E-state index is 0.0234. The van der Waals surface area contributed by atoms with Gasteiger partial charge in [-0.15, -0.1) is 0 Å². The number of aromatic hydroxyl groups is 1. The Labute approximate surface area is 94.4 Å². The second kappa shape index (κ2) is 5.05. The van der Waals surface area contributed by atoms with E-state index < -0.39 is 12.1 Å². The van der Waals surface area contributed by atoms with Gasteiger partial charge in [0.05, 0.1) is 31.9 Å². The number of ether oxygens (including phenoxy) is 2. The summed E-state index contributed by atoms with van der Waals surface area (Å²) in [4.78, 5) is 0. The molecule has 2 atom stereocenters. The second-order valence-electron chi connectivity index (χ2n) is 3.53. The van der Waals surface area contributed by atoms with Gasteiger partial charge in [0.1, 0.15) is 17.2 Å². The molecule has 0 spiro atoms. The number of hydrogen-bond donors (Lipinski definition) is 3. The van der Waals surface area contributed by atoms with E-state index in [0.29, 0.717) is 17.1 Å². The fraction of sp³-hybridized carbons (Fsp3) is 0.455. The number of phenolic OH excluding ortho intramolecular Hbond substituents is 1. The highest BCUT2D eigenvalue weighted by Crippen LogP contribution is 2.37. The van der Waals surface area contributed by atoms with Gasteiger partial charge >= 0.3 is 0 Å². The summed E-state index contributed by atoms with van der Waals surface area (Å²) in [5, 5.41) is 18.9. The lowest BCUT2D eigenvalue weighted by Gasteiger charge is -2.21. The van der Waals surface area contributed by atoms with Crippen molar-refractivity contribution in [2.24, 2.45) is 5.73 Å². The van der Waals surface area contributed by atoms with Crippen molar-refractivity contribution >= 4 is 0 Å². The van der Waals surface area contributed by atoms with Crippen LogP contribution in [-0.4, -0.2) is 30.5 Å². The van der Waals surface area contributed by atoms with Gasteiger partial charge in [-0.05, 0) is 6.92 Å². The van der Waals surface area contributed by atoms with E-state index in [1.807, 2.05) is 0 Å². The molecule has 0 fully saturated rings. The van der Waals surface area contributed by atoms with Gasteiger partial charge in [-0.2, -0.15) is 0 Å². The lowest BCUT2D eigenvalue weighted by Crippen LogP contribution is -2.24. The first-order valence-corrected chi connectivity index (χ1v) is 4.89. The Morgan fingerprint density at radius 1 is 1.19 bits per heavy atom. The first-order valence-electron chi connectivity index (χ1n) is 4.89. The van der Waals surface area contributed by atoms with Crippen molar-refractivity contribution in [1.82, 2.24) is 0 Å². The normalized spacial score (nSPS) is 14.3. The lowest BCUT2D eigenvalue weighted by molar-refractivity contribution is 0.161. The molecule has 1 rings (SSSR count). The summed E-state index contributed by atoms with van der Waals surface area (Å²) in [5.74, 6) is 0.811. The van der Waals surface area contributed by atoms with Gasteiger partial charge in [-0.1, -0.05) is 0 Å². The van der Waals surface area contributed by atoms with Gasteiger partial charge in [-0.3, -0.25) is 0 Å². The molecule has 0 saturated heterocycles. The molecule has 0 bridgehead atoms. The Balaban J connectivity index is 3.32. The van der Waals surface area contributed by atoms with E-state index in [1.165, 1.54) is 26.4 Å². The van der Waals surface area contributed by atoms with Gasteiger partial charge in [0.25, 0.3) is 0 Å². The molecular weight excluding hydrogens is 210 g/mol. The van der Waals surface area contributed by atoms with Gasteiger partial charge in [0.15, 0.2) is 0 Å². The molecule has 0 heterocycles. The van der Waals surface area contributed by atoms with Crippen LogP contribution in [0.2, 0.25) is 0 Å². The van der Waals surface area contributed by atoms with Crippen molar-refractivity contribution in [1.29, 1.82) is 0 Å². The number of nitrogens with two attached hydrogens (primary N) is 1. The van der Waals surface area contributed by atoms with E-state index in [1.54, 1.807) is 6.92 Å². The molecular formula is C11H17NO4. The Bertz CT molecular complexity index is 340. The highest BCUT2D eigenvalue weighted by Gasteiger charge is 2.22. The highest BCUT2D eigenvalue weighted by molar-refractivity contribution is 5.52. The summed E-state index contributed by atoms with van der Waals surface area (Å²) in [6.45, 7) is 1.58. The van der Waals surface area contributed by atoms with E-state index in [0.717, 1.165) is 0 Å². The van der Waals surface area contributed by atoms with Gasteiger partial charge in [-0.25, -0.2) is 0 Å². The van der Waals surface area contributed by atoms with Crippen LogP contribution in [0.15, 0.2) is 12.1 Å². The molecule has 0 aliphatic carbocycles. The molecule has 0 aliphatic rings. The molecule has 0 amide bonds. The Kier molecular flexibility index (Phi) is 3.98. The molecule has 16 heavy (non-hydrogen) atoms. The van der Waals surface area contributed by atoms with E-state index in [4.69, 9.17) is 15.2 Å². The zero-order chi connectivity index (χ0) is 12.3. The summed E-state index contributed by atoms with van der Waals surface area (Å²) in [5.41, 5.74) is 6.39. The van der Waals surface area contributed by atoms with Crippen LogP contribution in [0.25, 0.3) is 0 Å². The zero-order valence-electron chi connectivity index (χ0n) is 9.60. The third-order valence-electron chi connectivity index (χ3n) is 2.38. The predicted molar refractivity (Wildman–Crippen MR) is 59.8 cm³/mol. The van der Waals surface area contributed by atoms with Crippen molar-refractivity contribution in [3.8, 4) is 17.2 Å². The van der Waals surface area contributed by atoms with Crippen molar-refractivity contribution in [3.63, 3.8) is 0 Å². The summed E-state index contributed by atoms with van der Waals surface area (Å²) in [6, 6.07) is 2.23. The van der Waals surface area contributed by atoms with Crippen LogP contribution in [0, 0.1) is 0 Å². The molecule has 0 aromatic heterocycles. The summed E-state index contributed by atoms with van der Waals surface area (Å²) in [6.07, 6.45) is -0.743. The SMILES string of the molecule is COc1cc(O)cc(OC)c1[C@@H](N)[C@H](C)O. The minimum atomic E-state index is -0.743. The average molecular weight is 227 g/mol. The van der Waals surface area contributed by atoms with Gasteiger partial charge in [0, 0.05) is 12.1 Å². The van der Waals surface area contributed by atoms with Crippen molar-refractivity contribution < 1.29 is 19.7 Å². The van der Waals surface area contributed by atoms with E-state index in [9.17, 15) is 10.2 Å². The minimum Gasteiger partial charge on any atom is -0.508 e.